The van der Waals surface area contributed by atoms with Gasteiger partial charge in [0.25, 0.3) is 0 Å². The Bertz CT molecular complexity index is 881. The van der Waals surface area contributed by atoms with Crippen molar-refractivity contribution in [1.82, 2.24) is 5.32 Å². The van der Waals surface area contributed by atoms with Crippen LogP contribution < -0.4 is 5.32 Å². The van der Waals surface area contributed by atoms with Gasteiger partial charge in [-0.15, -0.1) is 0 Å². The van der Waals surface area contributed by atoms with E-state index in [4.69, 9.17) is 23.7 Å². The van der Waals surface area contributed by atoms with Crippen LogP contribution in [-0.2, 0) is 42.9 Å². The predicted molar refractivity (Wildman–Crippen MR) is 114 cm³/mol. The van der Waals surface area contributed by atoms with E-state index >= 15 is 0 Å². The number of nitrogens with one attached hydrogen (secondary N) is 1. The van der Waals surface area contributed by atoms with Gasteiger partial charge in [0.05, 0.1) is 12.5 Å². The van der Waals surface area contributed by atoms with Crippen molar-refractivity contribution in [2.75, 3.05) is 6.61 Å². The molecule has 2 fully saturated rings. The maximum Gasteiger partial charge on any atom is 0.304 e. The number of nitro groups is 2. The summed E-state index contributed by atoms with van der Waals surface area (Å²) in [4.78, 5) is 68.7. The summed E-state index contributed by atoms with van der Waals surface area (Å²) in [6.07, 6.45) is -5.83. The van der Waals surface area contributed by atoms with Gasteiger partial charge in [0, 0.05) is 44.0 Å². The average molecular weight is 519 g/mol. The van der Waals surface area contributed by atoms with Gasteiger partial charge in [-0.1, -0.05) is 0 Å². The predicted octanol–water partition coefficient (Wildman–Crippen LogP) is -0.498. The highest BCUT2D eigenvalue weighted by molar-refractivity contribution is 5.68. The molecule has 0 aromatic heterocycles. The summed E-state index contributed by atoms with van der Waals surface area (Å²) in [5, 5.41) is 25.8. The molecule has 0 aromatic rings. The van der Waals surface area contributed by atoms with E-state index in [-0.39, 0.29) is 19.3 Å². The second-order valence-corrected chi connectivity index (χ2v) is 8.51. The Labute approximate surface area is 205 Å². The summed E-state index contributed by atoms with van der Waals surface area (Å²) in [5.74, 6) is -3.12. The summed E-state index contributed by atoms with van der Waals surface area (Å²) in [7, 11) is 0. The smallest absolute Gasteiger partial charge is 0.304 e. The number of carbonyl (C=O) groups excluding carboxylic acids is 4. The van der Waals surface area contributed by atoms with Gasteiger partial charge < -0.3 is 23.7 Å². The van der Waals surface area contributed by atoms with Crippen LogP contribution in [0.15, 0.2) is 0 Å². The van der Waals surface area contributed by atoms with Gasteiger partial charge in [0.1, 0.15) is 18.8 Å². The molecule has 0 unspecified atom stereocenters. The number of esters is 4. The SMILES string of the molecule is CC(=O)OC[C@@H]1O[C@@H](OC(C)=O)[C@H](N[C@@H]2CC[C@@H]([N+](=O)[O-])C[C@H]2[N+](=O)[O-])[C@@H](OC(C)=O)[C@@H]1OC(C)=O. The number of ether oxygens (including phenoxy) is 5. The molecule has 36 heavy (non-hydrogen) atoms. The molecule has 1 heterocycles. The first-order chi connectivity index (χ1) is 16.8. The summed E-state index contributed by atoms with van der Waals surface area (Å²) >= 11 is 0. The van der Waals surface area contributed by atoms with Crippen molar-refractivity contribution in [3.05, 3.63) is 20.2 Å². The van der Waals surface area contributed by atoms with Gasteiger partial charge in [-0.25, -0.2) is 0 Å². The van der Waals surface area contributed by atoms with Crippen molar-refractivity contribution in [3.8, 4) is 0 Å². The van der Waals surface area contributed by atoms with Gasteiger partial charge in [-0.3, -0.25) is 44.7 Å². The van der Waals surface area contributed by atoms with E-state index in [0.29, 0.717) is 0 Å². The number of hydrogen-bond acceptors (Lipinski definition) is 14. The van der Waals surface area contributed by atoms with Crippen LogP contribution in [0.1, 0.15) is 47.0 Å². The van der Waals surface area contributed by atoms with Gasteiger partial charge in [-0.05, 0) is 6.42 Å². The van der Waals surface area contributed by atoms with Crippen LogP contribution in [0.3, 0.4) is 0 Å². The Morgan fingerprint density at radius 1 is 0.861 bits per heavy atom. The summed E-state index contributed by atoms with van der Waals surface area (Å²) in [6.45, 7) is 3.89. The Kier molecular flexibility index (Phi) is 10.0. The van der Waals surface area contributed by atoms with Crippen molar-refractivity contribution in [1.29, 1.82) is 0 Å². The molecule has 0 amide bonds. The molecule has 16 nitrogen and oxygen atoms in total. The van der Waals surface area contributed by atoms with Crippen molar-refractivity contribution >= 4 is 23.9 Å². The van der Waals surface area contributed by atoms with Crippen LogP contribution in [0.5, 0.6) is 0 Å². The van der Waals surface area contributed by atoms with E-state index in [1.807, 2.05) is 0 Å². The maximum absolute atomic E-state index is 12.0. The van der Waals surface area contributed by atoms with Crippen molar-refractivity contribution < 1.29 is 52.7 Å². The first-order valence-corrected chi connectivity index (χ1v) is 11.1. The van der Waals surface area contributed by atoms with E-state index in [1.54, 1.807) is 0 Å². The van der Waals surface area contributed by atoms with E-state index in [1.165, 1.54) is 0 Å². The van der Waals surface area contributed by atoms with Gasteiger partial charge in [0.2, 0.25) is 18.4 Å². The highest BCUT2D eigenvalue weighted by atomic mass is 16.7. The number of hydrogen-bond donors (Lipinski definition) is 1. The molecule has 0 radical (unpaired) electrons. The lowest BCUT2D eigenvalue weighted by Crippen LogP contribution is -2.69. The summed E-state index contributed by atoms with van der Waals surface area (Å²) < 4.78 is 26.6. The molecule has 1 N–H and O–H groups in total. The molecule has 202 valence electrons. The minimum Gasteiger partial charge on any atom is -0.463 e. The lowest BCUT2D eigenvalue weighted by Gasteiger charge is -2.46. The van der Waals surface area contributed by atoms with Crippen LogP contribution in [0.2, 0.25) is 0 Å². The van der Waals surface area contributed by atoms with Gasteiger partial charge in [0.15, 0.2) is 12.2 Å². The van der Waals surface area contributed by atoms with E-state index in [9.17, 15) is 39.4 Å². The fourth-order valence-corrected chi connectivity index (χ4v) is 4.33. The monoisotopic (exact) mass is 519 g/mol. The normalized spacial score (nSPS) is 32.0. The molecule has 0 spiro atoms. The molecule has 0 bridgehead atoms. The van der Waals surface area contributed by atoms with Crippen LogP contribution in [0.25, 0.3) is 0 Å². The third-order valence-electron chi connectivity index (χ3n) is 5.75. The minimum absolute atomic E-state index is 0.00246. The second-order valence-electron chi connectivity index (χ2n) is 8.51. The fraction of sp³-hybridized carbons (Fsp3) is 0.800. The Morgan fingerprint density at radius 2 is 1.44 bits per heavy atom. The largest absolute Gasteiger partial charge is 0.463 e. The zero-order chi connectivity index (χ0) is 27.2. The van der Waals surface area contributed by atoms with Crippen molar-refractivity contribution in [2.45, 2.75) is 95.7 Å². The zero-order valence-corrected chi connectivity index (χ0v) is 20.1. The molecule has 2 aliphatic rings. The standard InChI is InChI=1S/C20H29N3O13/c1-9(24)32-8-16-18(33-10(2)25)19(34-11(3)26)17(20(36-16)35-12(4)27)21-14-6-5-13(22(28)29)7-15(14)23(30)31/h13-21H,5-8H2,1-4H3/t13-,14-,15-,16+,17-,18-,19-,20-/m1/s1. The number of rotatable bonds is 9. The average Bonchev–Trinajstić information content (AvgIpc) is 2.75. The van der Waals surface area contributed by atoms with Crippen molar-refractivity contribution in [2.24, 2.45) is 0 Å². The van der Waals surface area contributed by atoms with Crippen LogP contribution >= 0.6 is 0 Å². The maximum atomic E-state index is 12.0. The molecular formula is C20H29N3O13. The molecule has 8 atom stereocenters. The fourth-order valence-electron chi connectivity index (χ4n) is 4.33. The van der Waals surface area contributed by atoms with Gasteiger partial charge >= 0.3 is 23.9 Å². The molecule has 1 saturated carbocycles. The molecule has 0 aromatic carbocycles. The van der Waals surface area contributed by atoms with Crippen molar-refractivity contribution in [3.63, 3.8) is 0 Å². The van der Waals surface area contributed by atoms with E-state index in [0.717, 1.165) is 27.7 Å². The number of nitrogens with zero attached hydrogens (tertiary/aromatic N) is 2. The van der Waals surface area contributed by atoms with Crippen LogP contribution in [0.4, 0.5) is 0 Å². The van der Waals surface area contributed by atoms with Gasteiger partial charge in [-0.2, -0.15) is 0 Å². The first kappa shape index (κ1) is 28.8. The second kappa shape index (κ2) is 12.5. The zero-order valence-electron chi connectivity index (χ0n) is 20.1. The molecular weight excluding hydrogens is 490 g/mol. The Morgan fingerprint density at radius 3 is 1.94 bits per heavy atom. The Balaban J connectivity index is 2.45. The lowest BCUT2D eigenvalue weighted by atomic mass is 9.85. The topological polar surface area (TPSA) is 213 Å². The highest BCUT2D eigenvalue weighted by Crippen LogP contribution is 2.31. The molecule has 2 rings (SSSR count). The highest BCUT2D eigenvalue weighted by Gasteiger charge is 2.54. The summed E-state index contributed by atoms with van der Waals surface area (Å²) in [6, 6.07) is -4.76. The third-order valence-corrected chi connectivity index (χ3v) is 5.75. The molecule has 1 aliphatic heterocycles. The summed E-state index contributed by atoms with van der Waals surface area (Å²) in [5.41, 5.74) is 0. The molecule has 1 aliphatic carbocycles. The molecule has 16 heteroatoms. The van der Waals surface area contributed by atoms with Crippen LogP contribution in [-0.4, -0.2) is 89.1 Å². The number of carbonyl (C=O) groups is 4. The third kappa shape index (κ3) is 7.81. The lowest BCUT2D eigenvalue weighted by molar-refractivity contribution is -0.570. The van der Waals surface area contributed by atoms with E-state index < -0.39 is 89.1 Å². The minimum atomic E-state index is -1.51. The van der Waals surface area contributed by atoms with Crippen LogP contribution in [0, 0.1) is 20.2 Å². The Hall–Kier alpha value is -3.40. The quantitative estimate of drug-likeness (QED) is 0.176. The molecule has 1 saturated heterocycles. The first-order valence-electron chi connectivity index (χ1n) is 11.1. The van der Waals surface area contributed by atoms with E-state index in [2.05, 4.69) is 5.32 Å².